The van der Waals surface area contributed by atoms with E-state index >= 15 is 4.39 Å². The van der Waals surface area contributed by atoms with Gasteiger partial charge in [-0.2, -0.15) is 0 Å². The van der Waals surface area contributed by atoms with Crippen molar-refractivity contribution in [1.29, 1.82) is 0 Å². The molecule has 4 rings (SSSR count). The lowest BCUT2D eigenvalue weighted by Crippen LogP contribution is -2.27. The van der Waals surface area contributed by atoms with Crippen LogP contribution in [0.3, 0.4) is 0 Å². The molecule has 0 N–H and O–H groups in total. The molecule has 8 heteroatoms. The Hall–Kier alpha value is -3.52. The highest BCUT2D eigenvalue weighted by Gasteiger charge is 2.27. The van der Waals surface area contributed by atoms with Crippen LogP contribution >= 0.6 is 0 Å². The molecule has 3 aromatic carbocycles. The zero-order valence-electron chi connectivity index (χ0n) is 23.2. The van der Waals surface area contributed by atoms with E-state index in [4.69, 9.17) is 13.9 Å². The smallest absolute Gasteiger partial charge is 0.310 e. The number of alkyl halides is 1. The van der Waals surface area contributed by atoms with Crippen molar-refractivity contribution < 1.29 is 31.7 Å². The van der Waals surface area contributed by atoms with E-state index in [0.717, 1.165) is 10.9 Å². The predicted molar refractivity (Wildman–Crippen MR) is 154 cm³/mol. The number of rotatable bonds is 11. The molecule has 0 saturated heterocycles. The molecule has 4 aromatic rings. The van der Waals surface area contributed by atoms with Crippen molar-refractivity contribution in [1.82, 2.24) is 0 Å². The first-order valence-electron chi connectivity index (χ1n) is 13.2. The summed E-state index contributed by atoms with van der Waals surface area (Å²) < 4.78 is 59.2. The quantitative estimate of drug-likeness (QED) is 0.175. The minimum absolute atomic E-state index is 0.0234. The van der Waals surface area contributed by atoms with Crippen LogP contribution in [0, 0.1) is 5.82 Å². The van der Waals surface area contributed by atoms with E-state index in [9.17, 15) is 13.4 Å². The summed E-state index contributed by atoms with van der Waals surface area (Å²) >= 11 is 0. The number of furan rings is 1. The SMILES string of the molecule is CCOC(=O)Cc1ccccc1OCc1cc(-c2cccc(C(CF)C[S@@](=O)C(C)(C)C)c2F)c2occc2c1. The lowest BCUT2D eigenvalue weighted by Gasteiger charge is -2.22. The van der Waals surface area contributed by atoms with Gasteiger partial charge in [0.15, 0.2) is 0 Å². The van der Waals surface area contributed by atoms with Crippen LogP contribution in [0.4, 0.5) is 8.78 Å². The summed E-state index contributed by atoms with van der Waals surface area (Å²) in [5.74, 6) is -1.17. The van der Waals surface area contributed by atoms with Gasteiger partial charge in [-0.3, -0.25) is 13.4 Å². The van der Waals surface area contributed by atoms with Crippen molar-refractivity contribution in [2.24, 2.45) is 0 Å². The van der Waals surface area contributed by atoms with E-state index in [1.54, 1.807) is 43.3 Å². The fourth-order valence-electron chi connectivity index (χ4n) is 4.47. The maximum Gasteiger partial charge on any atom is 0.310 e. The molecule has 0 fully saturated rings. The van der Waals surface area contributed by atoms with Crippen LogP contribution in [0.1, 0.15) is 50.3 Å². The highest BCUT2D eigenvalue weighted by Crippen LogP contribution is 2.36. The van der Waals surface area contributed by atoms with Crippen molar-refractivity contribution >= 4 is 27.7 Å². The van der Waals surface area contributed by atoms with Gasteiger partial charge in [-0.15, -0.1) is 0 Å². The van der Waals surface area contributed by atoms with Crippen LogP contribution in [0.2, 0.25) is 0 Å². The molecule has 0 bridgehead atoms. The Morgan fingerprint density at radius 3 is 2.55 bits per heavy atom. The van der Waals surface area contributed by atoms with E-state index < -0.39 is 34.0 Å². The normalized spacial score (nSPS) is 13.2. The lowest BCUT2D eigenvalue weighted by atomic mass is 9.94. The van der Waals surface area contributed by atoms with Gasteiger partial charge in [-0.25, -0.2) is 4.39 Å². The highest BCUT2D eigenvalue weighted by molar-refractivity contribution is 7.86. The largest absolute Gasteiger partial charge is 0.489 e. The summed E-state index contributed by atoms with van der Waals surface area (Å²) in [6.07, 6.45) is 1.62. The Balaban J connectivity index is 1.66. The maximum absolute atomic E-state index is 16.0. The van der Waals surface area contributed by atoms with Crippen LogP contribution in [0.5, 0.6) is 5.75 Å². The number of ether oxygens (including phenoxy) is 2. The van der Waals surface area contributed by atoms with Gasteiger partial charge in [0.1, 0.15) is 23.8 Å². The van der Waals surface area contributed by atoms with Crippen LogP contribution in [0.25, 0.3) is 22.1 Å². The van der Waals surface area contributed by atoms with Crippen LogP contribution in [-0.4, -0.2) is 34.0 Å². The molecular formula is C32H34F2O5S. The summed E-state index contributed by atoms with van der Waals surface area (Å²) in [4.78, 5) is 12.0. The number of carbonyl (C=O) groups is 1. The first-order valence-corrected chi connectivity index (χ1v) is 14.5. The Kier molecular flexibility index (Phi) is 9.40. The third-order valence-electron chi connectivity index (χ3n) is 6.60. The van der Waals surface area contributed by atoms with Crippen molar-refractivity contribution in [3.8, 4) is 16.9 Å². The molecule has 2 atom stereocenters. The molecule has 5 nitrogen and oxygen atoms in total. The third-order valence-corrected chi connectivity index (χ3v) is 8.67. The summed E-state index contributed by atoms with van der Waals surface area (Å²) in [6, 6.07) is 17.6. The Bertz CT molecular complexity index is 1500. The van der Waals surface area contributed by atoms with Crippen molar-refractivity contribution in [3.05, 3.63) is 89.4 Å². The second-order valence-electron chi connectivity index (χ2n) is 10.5. The van der Waals surface area contributed by atoms with Crippen LogP contribution < -0.4 is 4.74 Å². The van der Waals surface area contributed by atoms with Crippen LogP contribution in [0.15, 0.2) is 71.3 Å². The van der Waals surface area contributed by atoms with Gasteiger partial charge in [-0.05, 0) is 63.1 Å². The van der Waals surface area contributed by atoms with Gasteiger partial charge in [0.05, 0.1) is 26.0 Å². The minimum Gasteiger partial charge on any atom is -0.489 e. The van der Waals surface area contributed by atoms with E-state index in [1.165, 1.54) is 6.26 Å². The Morgan fingerprint density at radius 2 is 1.82 bits per heavy atom. The average Bonchev–Trinajstić information content (AvgIpc) is 3.39. The van der Waals surface area contributed by atoms with Crippen molar-refractivity contribution in [3.63, 3.8) is 0 Å². The molecule has 1 heterocycles. The average molecular weight is 569 g/mol. The predicted octanol–water partition coefficient (Wildman–Crippen LogP) is 7.52. The van der Waals surface area contributed by atoms with Crippen molar-refractivity contribution in [2.75, 3.05) is 19.0 Å². The number of esters is 1. The first-order chi connectivity index (χ1) is 19.1. The molecule has 1 unspecified atom stereocenters. The summed E-state index contributed by atoms with van der Waals surface area (Å²) in [7, 11) is -1.35. The molecule has 0 saturated carbocycles. The molecule has 0 aliphatic heterocycles. The topological polar surface area (TPSA) is 65.7 Å². The van der Waals surface area contributed by atoms with E-state index in [-0.39, 0.29) is 35.9 Å². The number of fused-ring (bicyclic) bond motifs is 1. The summed E-state index contributed by atoms with van der Waals surface area (Å²) in [5.41, 5.74) is 2.92. The van der Waals surface area contributed by atoms with E-state index in [0.29, 0.717) is 29.1 Å². The summed E-state index contributed by atoms with van der Waals surface area (Å²) in [5, 5.41) is 0.761. The fourth-order valence-corrected chi connectivity index (χ4v) is 5.60. The standard InChI is InChI=1S/C32H34F2O5S/c1-5-37-29(35)17-22-9-6-7-12-28(22)39-19-21-15-23-13-14-38-31(23)27(16-21)26-11-8-10-25(30(26)34)24(18-33)20-40(36)32(2,3)4/h6-16,24H,5,17-20H2,1-4H3/t24?,40-/m1/s1. The molecule has 0 aliphatic carbocycles. The van der Waals surface area contributed by atoms with Gasteiger partial charge in [0.2, 0.25) is 0 Å². The molecule has 0 radical (unpaired) electrons. The van der Waals surface area contributed by atoms with Gasteiger partial charge in [-0.1, -0.05) is 36.4 Å². The number of hydrogen-bond donors (Lipinski definition) is 0. The number of carbonyl (C=O) groups excluding carboxylic acids is 1. The van der Waals surface area contributed by atoms with E-state index in [1.807, 2.05) is 45.0 Å². The molecule has 40 heavy (non-hydrogen) atoms. The molecular weight excluding hydrogens is 534 g/mol. The third kappa shape index (κ3) is 6.78. The number of hydrogen-bond acceptors (Lipinski definition) is 5. The van der Waals surface area contributed by atoms with Crippen molar-refractivity contribution in [2.45, 2.75) is 51.4 Å². The number of para-hydroxylation sites is 1. The van der Waals surface area contributed by atoms with E-state index in [2.05, 4.69) is 0 Å². The lowest BCUT2D eigenvalue weighted by molar-refractivity contribution is -0.142. The molecule has 0 amide bonds. The zero-order chi connectivity index (χ0) is 28.9. The van der Waals surface area contributed by atoms with Crippen LogP contribution in [-0.2, 0) is 33.4 Å². The molecule has 1 aromatic heterocycles. The summed E-state index contributed by atoms with van der Waals surface area (Å²) in [6.45, 7) is 6.86. The molecule has 0 aliphatic rings. The molecule has 212 valence electrons. The number of benzene rings is 3. The Labute approximate surface area is 235 Å². The second-order valence-corrected chi connectivity index (χ2v) is 12.8. The van der Waals surface area contributed by atoms with Gasteiger partial charge in [0, 0.05) is 49.3 Å². The second kappa shape index (κ2) is 12.8. The highest BCUT2D eigenvalue weighted by atomic mass is 32.2. The Morgan fingerprint density at radius 1 is 1.05 bits per heavy atom. The first kappa shape index (κ1) is 29.5. The maximum atomic E-state index is 16.0. The fraction of sp³-hybridized carbons (Fsp3) is 0.344. The van der Waals surface area contributed by atoms with Gasteiger partial charge < -0.3 is 13.9 Å². The van der Waals surface area contributed by atoms with Gasteiger partial charge in [0.25, 0.3) is 0 Å². The monoisotopic (exact) mass is 568 g/mol. The van der Waals surface area contributed by atoms with Gasteiger partial charge >= 0.3 is 5.97 Å². The molecule has 0 spiro atoms. The minimum atomic E-state index is -1.35. The zero-order valence-corrected chi connectivity index (χ0v) is 24.0. The number of halogens is 2.